The first-order chi connectivity index (χ1) is 35.4. The number of nitrogens with one attached hydrogen (secondary N) is 2. The van der Waals surface area contributed by atoms with E-state index in [1.165, 1.54) is 19.1 Å². The molecule has 2 aliphatic carbocycles. The smallest absolute Gasteiger partial charge is 0.410 e. The van der Waals surface area contributed by atoms with Crippen molar-refractivity contribution in [1.29, 1.82) is 0 Å². The average Bonchev–Trinajstić information content (AvgIpc) is 3.91. The van der Waals surface area contributed by atoms with Crippen LogP contribution >= 0.6 is 11.6 Å². The molecule has 15 nitrogen and oxygen atoms in total. The van der Waals surface area contributed by atoms with Gasteiger partial charge in [0, 0.05) is 51.7 Å². The number of amides is 5. The van der Waals surface area contributed by atoms with E-state index in [4.69, 9.17) is 30.5 Å². The van der Waals surface area contributed by atoms with Gasteiger partial charge in [-0.15, -0.1) is 0 Å². The summed E-state index contributed by atoms with van der Waals surface area (Å²) in [5.74, 6) is -3.58. The number of esters is 1. The van der Waals surface area contributed by atoms with E-state index in [0.29, 0.717) is 23.4 Å². The van der Waals surface area contributed by atoms with Crippen molar-refractivity contribution in [3.05, 3.63) is 94.5 Å². The molecule has 5 amide bonds. The van der Waals surface area contributed by atoms with Gasteiger partial charge >= 0.3 is 12.1 Å². The molecule has 75 heavy (non-hydrogen) atoms. The molecule has 2 N–H and O–H groups in total. The second-order valence-corrected chi connectivity index (χ2v) is 23.1. The van der Waals surface area contributed by atoms with Crippen LogP contribution in [0, 0.1) is 29.6 Å². The number of carbonyl (C=O) groups excluding carboxylic acids is 6. The Morgan fingerprint density at radius 2 is 1.37 bits per heavy atom. The first kappa shape index (κ1) is 58.7. The minimum Gasteiger partial charge on any atom is -0.458 e. The third-order valence-corrected chi connectivity index (χ3v) is 16.0. The van der Waals surface area contributed by atoms with Gasteiger partial charge in [-0.3, -0.25) is 24.1 Å². The van der Waals surface area contributed by atoms with E-state index in [1.807, 2.05) is 88.9 Å². The number of methoxy groups -OCH3 is 2. The highest BCUT2D eigenvalue weighted by Gasteiger charge is 2.57. The van der Waals surface area contributed by atoms with Crippen molar-refractivity contribution >= 4 is 47.3 Å². The third-order valence-electron chi connectivity index (χ3n) is 15.6. The van der Waals surface area contributed by atoms with Gasteiger partial charge in [0.1, 0.15) is 30.3 Å². The van der Waals surface area contributed by atoms with Crippen molar-refractivity contribution in [3.8, 4) is 11.1 Å². The summed E-state index contributed by atoms with van der Waals surface area (Å²) in [6, 6.07) is 19.3. The van der Waals surface area contributed by atoms with E-state index >= 15 is 0 Å². The number of ether oxygens (including phenoxy) is 4. The SMILES string of the molecule is CC[C@H](C)C([C@@H](CC(=O)N1C2C[C@H]2C[C@H]1[C@H](OC)[C@@H](C)C(=O)N[C@@H](Cc1ccccc1Cl)C(=O)OC(C)(C)C)OC)N(C)C(=O)[C@@H](NC(=O)[C@H](C(C)C)N(C)C(=O)OCC1c2ccccc2-c2ccccc21)C(C)C. The number of benzene rings is 3. The van der Waals surface area contributed by atoms with Gasteiger partial charge in [0.05, 0.1) is 36.6 Å². The van der Waals surface area contributed by atoms with E-state index in [1.54, 1.807) is 64.9 Å². The Labute approximate surface area is 450 Å². The normalized spacial score (nSPS) is 20.1. The third kappa shape index (κ3) is 13.5. The van der Waals surface area contributed by atoms with Gasteiger partial charge in [-0.25, -0.2) is 9.59 Å². The molecule has 1 heterocycles. The number of fused-ring (bicyclic) bond motifs is 4. The fourth-order valence-electron chi connectivity index (χ4n) is 11.5. The van der Waals surface area contributed by atoms with Crippen molar-refractivity contribution in [3.63, 3.8) is 0 Å². The zero-order valence-corrected chi connectivity index (χ0v) is 47.3. The monoisotopic (exact) mass is 1060 g/mol. The molecule has 2 unspecified atom stereocenters. The van der Waals surface area contributed by atoms with Gasteiger partial charge in [-0.1, -0.05) is 133 Å². The van der Waals surface area contributed by atoms with E-state index in [9.17, 15) is 28.8 Å². The summed E-state index contributed by atoms with van der Waals surface area (Å²) in [5, 5.41) is 6.40. The van der Waals surface area contributed by atoms with Gasteiger partial charge < -0.3 is 39.4 Å². The van der Waals surface area contributed by atoms with Crippen LogP contribution in [0.4, 0.5) is 4.79 Å². The minimum atomic E-state index is -1.04. The number of hydrogen-bond acceptors (Lipinski definition) is 10. The van der Waals surface area contributed by atoms with Crippen molar-refractivity contribution in [2.45, 2.75) is 161 Å². The highest BCUT2D eigenvalue weighted by molar-refractivity contribution is 6.31. The van der Waals surface area contributed by atoms with Crippen LogP contribution in [0.25, 0.3) is 11.1 Å². The number of likely N-dealkylation sites (tertiary alicyclic amines) is 1. The van der Waals surface area contributed by atoms with Crippen LogP contribution < -0.4 is 10.6 Å². The van der Waals surface area contributed by atoms with Crippen LogP contribution in [-0.2, 0) is 49.3 Å². The minimum absolute atomic E-state index is 0.0370. The molecular weight excluding hydrogens is 974 g/mol. The number of carbonyl (C=O) groups is 6. The lowest BCUT2D eigenvalue weighted by atomic mass is 9.89. The van der Waals surface area contributed by atoms with E-state index in [-0.39, 0.29) is 66.9 Å². The molecule has 3 aromatic carbocycles. The zero-order chi connectivity index (χ0) is 55.2. The maximum Gasteiger partial charge on any atom is 0.410 e. The molecule has 11 atom stereocenters. The van der Waals surface area contributed by atoms with Crippen LogP contribution in [0.2, 0.25) is 5.02 Å². The summed E-state index contributed by atoms with van der Waals surface area (Å²) in [4.78, 5) is 90.4. The van der Waals surface area contributed by atoms with Crippen LogP contribution in [0.5, 0.6) is 0 Å². The number of nitrogens with zero attached hydrogens (tertiary/aromatic N) is 3. The van der Waals surface area contributed by atoms with Gasteiger partial charge in [-0.2, -0.15) is 0 Å². The highest BCUT2D eigenvalue weighted by Crippen LogP contribution is 2.50. The van der Waals surface area contributed by atoms with Gasteiger partial charge in [0.15, 0.2) is 0 Å². The quantitative estimate of drug-likeness (QED) is 0.0876. The Hall–Kier alpha value is -5.51. The van der Waals surface area contributed by atoms with Gasteiger partial charge in [-0.05, 0) is 91.2 Å². The molecule has 1 saturated heterocycles. The molecule has 1 aliphatic heterocycles. The first-order valence-electron chi connectivity index (χ1n) is 26.7. The molecule has 6 rings (SSSR count). The fraction of sp³-hybridized carbons (Fsp3) is 0.593. The lowest BCUT2D eigenvalue weighted by Gasteiger charge is -2.41. The summed E-state index contributed by atoms with van der Waals surface area (Å²) in [7, 11) is 6.30. The molecule has 0 radical (unpaired) electrons. The molecule has 2 fully saturated rings. The van der Waals surface area contributed by atoms with Crippen molar-refractivity contribution in [2.24, 2.45) is 29.6 Å². The molecule has 3 aliphatic rings. The Balaban J connectivity index is 1.14. The molecule has 3 aromatic rings. The molecule has 0 spiro atoms. The maximum atomic E-state index is 14.8. The summed E-state index contributed by atoms with van der Waals surface area (Å²) in [5.41, 5.74) is 4.24. The molecule has 16 heteroatoms. The molecule has 1 saturated carbocycles. The Morgan fingerprint density at radius 1 is 0.773 bits per heavy atom. The predicted octanol–water partition coefficient (Wildman–Crippen LogP) is 8.67. The molecule has 0 bridgehead atoms. The highest BCUT2D eigenvalue weighted by atomic mass is 35.5. The van der Waals surface area contributed by atoms with Crippen LogP contribution in [0.1, 0.15) is 118 Å². The van der Waals surface area contributed by atoms with Gasteiger partial charge in [0.2, 0.25) is 23.6 Å². The molecular formula is C59H82ClN5O10. The van der Waals surface area contributed by atoms with E-state index < -0.39 is 77.8 Å². The number of rotatable bonds is 23. The lowest BCUT2D eigenvalue weighted by molar-refractivity contribution is -0.159. The second kappa shape index (κ2) is 25.1. The fourth-order valence-corrected chi connectivity index (χ4v) is 11.7. The lowest BCUT2D eigenvalue weighted by Crippen LogP contribution is -2.60. The summed E-state index contributed by atoms with van der Waals surface area (Å²) in [6.45, 7) is 18.6. The second-order valence-electron chi connectivity index (χ2n) is 22.7. The summed E-state index contributed by atoms with van der Waals surface area (Å²) < 4.78 is 23.9. The van der Waals surface area contributed by atoms with Crippen LogP contribution in [0.15, 0.2) is 72.8 Å². The van der Waals surface area contributed by atoms with Crippen molar-refractivity contribution < 1.29 is 47.7 Å². The number of hydrogen-bond donors (Lipinski definition) is 2. The van der Waals surface area contributed by atoms with E-state index in [0.717, 1.165) is 28.7 Å². The van der Waals surface area contributed by atoms with Crippen LogP contribution in [0.3, 0.4) is 0 Å². The predicted molar refractivity (Wildman–Crippen MR) is 290 cm³/mol. The van der Waals surface area contributed by atoms with Gasteiger partial charge in [0.25, 0.3) is 0 Å². The number of piperidine rings is 1. The van der Waals surface area contributed by atoms with Crippen molar-refractivity contribution in [1.82, 2.24) is 25.3 Å². The Kier molecular flexibility index (Phi) is 19.7. The number of likely N-dealkylation sites (N-methyl/N-ethyl adjacent to an activating group) is 2. The standard InChI is InChI=1S/C59H82ClN5O10/c1-15-35(6)52(63(11)56(69)50(33(2)3)62-55(68)51(34(4)5)64(12)58(71)74-32-43-41-25-19-17-23-39(41)40-24-18-20-26-42(40)43)48(72-13)31-49(66)65-46-29-38(46)30-47(65)53(73-14)36(7)54(67)61-45(57(70)75-59(8,9)10)28-37-22-16-21-27-44(37)60/h16-27,33-36,38,43,45-48,50-53H,15,28-32H2,1-14H3,(H,61,67)(H,62,68)/t35-,36+,38-,45-,46?,47-,48+,50-,51-,52?,53+/m0/s1. The zero-order valence-electron chi connectivity index (χ0n) is 46.6. The average molecular weight is 1060 g/mol. The molecule has 0 aromatic heterocycles. The number of halogens is 1. The van der Waals surface area contributed by atoms with Crippen molar-refractivity contribution in [2.75, 3.05) is 34.9 Å². The first-order valence-corrected chi connectivity index (χ1v) is 27.1. The topological polar surface area (TPSA) is 173 Å². The van der Waals surface area contributed by atoms with E-state index in [2.05, 4.69) is 22.8 Å². The van der Waals surface area contributed by atoms with Crippen LogP contribution in [-0.4, -0.2) is 139 Å². The maximum absolute atomic E-state index is 14.8. The Bertz CT molecular complexity index is 2470. The summed E-state index contributed by atoms with van der Waals surface area (Å²) in [6.07, 6.45) is 0.0614. The molecule has 410 valence electrons. The summed E-state index contributed by atoms with van der Waals surface area (Å²) >= 11 is 6.50. The Morgan fingerprint density at radius 3 is 1.92 bits per heavy atom. The largest absolute Gasteiger partial charge is 0.458 e.